The first kappa shape index (κ1) is 22.8. The molecule has 0 radical (unpaired) electrons. The summed E-state index contributed by atoms with van der Waals surface area (Å²) in [6.07, 6.45) is 0. The third-order valence-electron chi connectivity index (χ3n) is 4.61. The third kappa shape index (κ3) is 4.57. The average Bonchev–Trinajstić information content (AvgIpc) is 3.01. The number of carbonyl (C=O) groups excluding carboxylic acids is 3. The molecule has 0 spiro atoms. The van der Waals surface area contributed by atoms with Gasteiger partial charge in [-0.15, -0.1) is 0 Å². The number of benzene rings is 3. The van der Waals surface area contributed by atoms with Crippen molar-refractivity contribution in [1.82, 2.24) is 0 Å². The molecule has 6 nitrogen and oxygen atoms in total. The molecule has 0 aliphatic carbocycles. The molecule has 1 aliphatic heterocycles. The zero-order chi connectivity index (χ0) is 23.7. The Labute approximate surface area is 202 Å². The van der Waals surface area contributed by atoms with Gasteiger partial charge in [0.25, 0.3) is 11.8 Å². The first-order valence-electron chi connectivity index (χ1n) is 9.33. The van der Waals surface area contributed by atoms with Crippen molar-refractivity contribution >= 4 is 64.0 Å². The fourth-order valence-electron chi connectivity index (χ4n) is 3.00. The van der Waals surface area contributed by atoms with Crippen LogP contribution in [0.25, 0.3) is 0 Å². The van der Waals surface area contributed by atoms with Gasteiger partial charge in [-0.3, -0.25) is 9.59 Å². The van der Waals surface area contributed by atoms with E-state index in [1.165, 1.54) is 60.7 Å². The summed E-state index contributed by atoms with van der Waals surface area (Å²) >= 11 is 18.3. The molecule has 1 heterocycles. The van der Waals surface area contributed by atoms with Crippen LogP contribution in [0.2, 0.25) is 10.0 Å². The zero-order valence-electron chi connectivity index (χ0n) is 16.4. The molecular weight excluding hydrogens is 494 g/mol. The number of carbonyl (C=O) groups is 3. The van der Waals surface area contributed by atoms with E-state index >= 15 is 0 Å². The highest BCUT2D eigenvalue weighted by Crippen LogP contribution is 2.37. The van der Waals surface area contributed by atoms with Gasteiger partial charge in [-0.1, -0.05) is 40.9 Å². The van der Waals surface area contributed by atoms with Crippen LogP contribution in [0.15, 0.2) is 77.5 Å². The maximum absolute atomic E-state index is 13.0. The Hall–Kier alpha value is -3.39. The zero-order valence-corrected chi connectivity index (χ0v) is 18.7. The molecule has 0 bridgehead atoms. The topological polar surface area (TPSA) is 75.7 Å². The maximum atomic E-state index is 13.0. The van der Waals surface area contributed by atoms with Crippen LogP contribution >= 0.6 is 34.8 Å². The molecule has 0 atom stereocenters. The number of amides is 2. The minimum Gasteiger partial charge on any atom is -0.423 e. The monoisotopic (exact) mass is 504 g/mol. The van der Waals surface area contributed by atoms with Crippen LogP contribution in [-0.4, -0.2) is 17.8 Å². The van der Waals surface area contributed by atoms with Crippen LogP contribution in [0.3, 0.4) is 0 Å². The van der Waals surface area contributed by atoms with E-state index in [0.717, 1.165) is 4.90 Å². The van der Waals surface area contributed by atoms with E-state index < -0.39 is 23.6 Å². The van der Waals surface area contributed by atoms with Crippen molar-refractivity contribution in [2.45, 2.75) is 0 Å². The molecule has 3 aromatic carbocycles. The van der Waals surface area contributed by atoms with Gasteiger partial charge in [0.1, 0.15) is 22.3 Å². The maximum Gasteiger partial charge on any atom is 0.343 e. The van der Waals surface area contributed by atoms with Crippen molar-refractivity contribution in [2.24, 2.45) is 0 Å². The number of hydrogen-bond donors (Lipinski definition) is 1. The van der Waals surface area contributed by atoms with Gasteiger partial charge in [0.15, 0.2) is 0 Å². The van der Waals surface area contributed by atoms with Gasteiger partial charge in [0, 0.05) is 5.69 Å². The molecule has 1 aliphatic rings. The van der Waals surface area contributed by atoms with Gasteiger partial charge in [0.2, 0.25) is 0 Å². The van der Waals surface area contributed by atoms with Crippen molar-refractivity contribution in [1.29, 1.82) is 0 Å². The molecule has 33 heavy (non-hydrogen) atoms. The highest BCUT2D eigenvalue weighted by Gasteiger charge is 2.40. The summed E-state index contributed by atoms with van der Waals surface area (Å²) in [5.41, 5.74) is 0.556. The minimum atomic E-state index is -0.757. The minimum absolute atomic E-state index is 0.0376. The average molecular weight is 506 g/mol. The molecule has 2 amide bonds. The van der Waals surface area contributed by atoms with Gasteiger partial charge in [-0.05, 0) is 60.7 Å². The fraction of sp³-hybridized carbons (Fsp3) is 0. The summed E-state index contributed by atoms with van der Waals surface area (Å²) in [5.74, 6) is -2.38. The predicted octanol–water partition coefficient (Wildman–Crippen LogP) is 5.79. The standard InChI is InChI=1S/C23H12Cl3FN2O4/c24-16-2-1-3-17(18(16)25)29-21(30)19(26)20(22(29)31)28-14-8-4-12(5-9-14)23(32)33-15-10-6-13(27)7-11-15/h1-11,28H. The number of halogens is 4. The number of nitrogens with one attached hydrogen (secondary N) is 1. The van der Waals surface area contributed by atoms with E-state index in [4.69, 9.17) is 39.5 Å². The molecule has 0 saturated heterocycles. The third-order valence-corrected chi connectivity index (χ3v) is 5.77. The van der Waals surface area contributed by atoms with E-state index in [1.54, 1.807) is 6.07 Å². The Bertz CT molecular complexity index is 1310. The second-order valence-corrected chi connectivity index (χ2v) is 7.92. The highest BCUT2D eigenvalue weighted by atomic mass is 35.5. The molecule has 0 unspecified atom stereocenters. The van der Waals surface area contributed by atoms with Crippen molar-refractivity contribution in [2.75, 3.05) is 10.2 Å². The number of nitrogens with zero attached hydrogens (tertiary/aromatic N) is 1. The van der Waals surface area contributed by atoms with E-state index in [1.807, 2.05) is 0 Å². The number of ether oxygens (including phenoxy) is 1. The number of esters is 1. The Morgan fingerprint density at radius 1 is 0.879 bits per heavy atom. The van der Waals surface area contributed by atoms with Gasteiger partial charge in [0.05, 0.1) is 21.3 Å². The molecular formula is C23H12Cl3FN2O4. The van der Waals surface area contributed by atoms with Crippen molar-refractivity contribution in [3.05, 3.63) is 98.9 Å². The van der Waals surface area contributed by atoms with Crippen molar-refractivity contribution in [3.8, 4) is 5.75 Å². The summed E-state index contributed by atoms with van der Waals surface area (Å²) in [4.78, 5) is 38.6. The number of imide groups is 1. The largest absolute Gasteiger partial charge is 0.423 e. The van der Waals surface area contributed by atoms with E-state index in [-0.39, 0.29) is 37.8 Å². The lowest BCUT2D eigenvalue weighted by atomic mass is 10.2. The summed E-state index contributed by atoms with van der Waals surface area (Å²) in [6.45, 7) is 0. The Kier molecular flexibility index (Phi) is 6.37. The van der Waals surface area contributed by atoms with Gasteiger partial charge in [-0.25, -0.2) is 14.1 Å². The molecule has 4 rings (SSSR count). The van der Waals surface area contributed by atoms with Crippen LogP contribution in [-0.2, 0) is 9.59 Å². The molecule has 166 valence electrons. The van der Waals surface area contributed by atoms with Crippen LogP contribution < -0.4 is 15.0 Å². The SMILES string of the molecule is O=C(Oc1ccc(F)cc1)c1ccc(NC2=C(Cl)C(=O)N(c3cccc(Cl)c3Cl)C2=O)cc1. The molecule has 0 saturated carbocycles. The van der Waals surface area contributed by atoms with Crippen LogP contribution in [0.5, 0.6) is 5.75 Å². The van der Waals surface area contributed by atoms with E-state index in [9.17, 15) is 18.8 Å². The van der Waals surface area contributed by atoms with Gasteiger partial charge in [-0.2, -0.15) is 0 Å². The van der Waals surface area contributed by atoms with Crippen LogP contribution in [0.1, 0.15) is 10.4 Å². The lowest BCUT2D eigenvalue weighted by Crippen LogP contribution is -2.32. The second-order valence-electron chi connectivity index (χ2n) is 6.75. The highest BCUT2D eigenvalue weighted by molar-refractivity contribution is 6.54. The first-order valence-corrected chi connectivity index (χ1v) is 10.5. The fourth-order valence-corrected chi connectivity index (χ4v) is 3.59. The number of hydrogen-bond acceptors (Lipinski definition) is 5. The Morgan fingerprint density at radius 2 is 1.55 bits per heavy atom. The lowest BCUT2D eigenvalue weighted by Gasteiger charge is -2.17. The van der Waals surface area contributed by atoms with Crippen LogP contribution in [0, 0.1) is 5.82 Å². The van der Waals surface area contributed by atoms with Gasteiger partial charge >= 0.3 is 5.97 Å². The molecule has 3 aromatic rings. The van der Waals surface area contributed by atoms with Gasteiger partial charge < -0.3 is 10.1 Å². The van der Waals surface area contributed by atoms with Crippen molar-refractivity contribution < 1.29 is 23.5 Å². The molecule has 10 heteroatoms. The number of rotatable bonds is 5. The summed E-state index contributed by atoms with van der Waals surface area (Å²) < 4.78 is 18.2. The lowest BCUT2D eigenvalue weighted by molar-refractivity contribution is -0.120. The second kappa shape index (κ2) is 9.23. The van der Waals surface area contributed by atoms with E-state index in [0.29, 0.717) is 5.69 Å². The van der Waals surface area contributed by atoms with E-state index in [2.05, 4.69) is 5.32 Å². The molecule has 0 fully saturated rings. The smallest absolute Gasteiger partial charge is 0.343 e. The normalized spacial score (nSPS) is 13.5. The Morgan fingerprint density at radius 3 is 2.21 bits per heavy atom. The molecule has 0 aromatic heterocycles. The first-order chi connectivity index (χ1) is 15.8. The number of anilines is 2. The summed E-state index contributed by atoms with van der Waals surface area (Å²) in [5, 5.41) is 2.68. The predicted molar refractivity (Wildman–Crippen MR) is 123 cm³/mol. The molecule has 1 N–H and O–H groups in total. The Balaban J connectivity index is 1.50. The van der Waals surface area contributed by atoms with Crippen molar-refractivity contribution in [3.63, 3.8) is 0 Å². The summed E-state index contributed by atoms with van der Waals surface area (Å²) in [7, 11) is 0. The quantitative estimate of drug-likeness (QED) is 0.270. The van der Waals surface area contributed by atoms with Crippen LogP contribution in [0.4, 0.5) is 15.8 Å². The summed E-state index contributed by atoms with van der Waals surface area (Å²) in [6, 6.07) is 15.5.